The highest BCUT2D eigenvalue weighted by Gasteiger charge is 2.20. The zero-order valence-corrected chi connectivity index (χ0v) is 10.2. The van der Waals surface area contributed by atoms with E-state index >= 15 is 0 Å². The first-order chi connectivity index (χ1) is 6.46. The smallest absolute Gasteiger partial charge is 0.0313 e. The van der Waals surface area contributed by atoms with E-state index in [1.807, 2.05) is 0 Å². The van der Waals surface area contributed by atoms with Crippen LogP contribution in [-0.4, -0.2) is 24.5 Å². The van der Waals surface area contributed by atoms with Gasteiger partial charge in [0, 0.05) is 6.04 Å². The summed E-state index contributed by atoms with van der Waals surface area (Å²) in [5, 5.41) is 0. The molecule has 0 spiro atoms. The molecular formula is C13H23N. The molecule has 1 unspecified atom stereocenters. The van der Waals surface area contributed by atoms with Crippen molar-refractivity contribution in [3.63, 3.8) is 0 Å². The van der Waals surface area contributed by atoms with Crippen molar-refractivity contribution in [2.45, 2.75) is 40.2 Å². The van der Waals surface area contributed by atoms with Gasteiger partial charge < -0.3 is 0 Å². The minimum Gasteiger partial charge on any atom is -0.300 e. The average Bonchev–Trinajstić information content (AvgIpc) is 2.14. The van der Waals surface area contributed by atoms with E-state index in [0.29, 0.717) is 11.5 Å². The Morgan fingerprint density at radius 1 is 1.50 bits per heavy atom. The molecule has 0 N–H and O–H groups in total. The minimum absolute atomic E-state index is 0.340. The lowest BCUT2D eigenvalue weighted by atomic mass is 9.82. The van der Waals surface area contributed by atoms with Gasteiger partial charge in [-0.3, -0.25) is 4.90 Å². The standard InChI is InChI=1S/C13H23N/c1-6-14(5)11(2)12-8-7-9-13(3,4)10-12/h7-8,10-11H,6,9H2,1-5H3. The Morgan fingerprint density at radius 2 is 2.14 bits per heavy atom. The van der Waals surface area contributed by atoms with E-state index in [1.165, 1.54) is 12.0 Å². The van der Waals surface area contributed by atoms with Gasteiger partial charge in [-0.2, -0.15) is 0 Å². The lowest BCUT2D eigenvalue weighted by Gasteiger charge is -2.30. The van der Waals surface area contributed by atoms with Gasteiger partial charge in [-0.05, 0) is 37.9 Å². The maximum atomic E-state index is 2.42. The van der Waals surface area contributed by atoms with Crippen LogP contribution in [0, 0.1) is 5.41 Å². The fraction of sp³-hybridized carbons (Fsp3) is 0.692. The summed E-state index contributed by atoms with van der Waals surface area (Å²) in [6, 6.07) is 0.538. The normalized spacial score (nSPS) is 22.3. The summed E-state index contributed by atoms with van der Waals surface area (Å²) in [6.45, 7) is 10.2. The summed E-state index contributed by atoms with van der Waals surface area (Å²) in [7, 11) is 2.18. The first-order valence-electron chi connectivity index (χ1n) is 5.56. The SMILES string of the molecule is CCN(C)C(C)C1=CC(C)(C)CC=C1. The van der Waals surface area contributed by atoms with Crippen molar-refractivity contribution in [3.05, 3.63) is 23.8 Å². The van der Waals surface area contributed by atoms with Crippen LogP contribution >= 0.6 is 0 Å². The molecule has 0 saturated carbocycles. The molecule has 0 radical (unpaired) electrons. The van der Waals surface area contributed by atoms with Crippen LogP contribution in [0.15, 0.2) is 23.8 Å². The molecule has 1 aliphatic carbocycles. The molecule has 14 heavy (non-hydrogen) atoms. The minimum atomic E-state index is 0.340. The van der Waals surface area contributed by atoms with Crippen LogP contribution in [0.4, 0.5) is 0 Å². The molecule has 80 valence electrons. The van der Waals surface area contributed by atoms with Crippen molar-refractivity contribution in [2.75, 3.05) is 13.6 Å². The Bertz CT molecular complexity index is 248. The molecule has 0 aromatic heterocycles. The van der Waals surface area contributed by atoms with Crippen molar-refractivity contribution in [1.82, 2.24) is 4.90 Å². The van der Waals surface area contributed by atoms with E-state index in [0.717, 1.165) is 6.54 Å². The van der Waals surface area contributed by atoms with E-state index in [2.05, 4.69) is 57.9 Å². The van der Waals surface area contributed by atoms with Crippen molar-refractivity contribution >= 4 is 0 Å². The Hall–Kier alpha value is -0.560. The summed E-state index contributed by atoms with van der Waals surface area (Å²) in [4.78, 5) is 2.37. The van der Waals surface area contributed by atoms with Gasteiger partial charge in [0.2, 0.25) is 0 Å². The third kappa shape index (κ3) is 2.71. The predicted molar refractivity (Wildman–Crippen MR) is 63.4 cm³/mol. The van der Waals surface area contributed by atoms with Crippen molar-refractivity contribution < 1.29 is 0 Å². The lowest BCUT2D eigenvalue weighted by molar-refractivity contribution is 0.301. The molecule has 1 heteroatoms. The first kappa shape index (κ1) is 11.5. The van der Waals surface area contributed by atoms with Gasteiger partial charge in [-0.15, -0.1) is 0 Å². The van der Waals surface area contributed by atoms with Gasteiger partial charge in [0.15, 0.2) is 0 Å². The number of likely N-dealkylation sites (N-methyl/N-ethyl adjacent to an activating group) is 1. The maximum Gasteiger partial charge on any atom is 0.0313 e. The van der Waals surface area contributed by atoms with Crippen molar-refractivity contribution in [3.8, 4) is 0 Å². The van der Waals surface area contributed by atoms with E-state index in [1.54, 1.807) is 0 Å². The Labute approximate surface area is 88.5 Å². The third-order valence-corrected chi connectivity index (χ3v) is 3.15. The van der Waals surface area contributed by atoms with E-state index in [9.17, 15) is 0 Å². The summed E-state index contributed by atoms with van der Waals surface area (Å²) in [5.74, 6) is 0. The molecule has 0 amide bonds. The summed E-state index contributed by atoms with van der Waals surface area (Å²) in [5.41, 5.74) is 1.80. The second-order valence-electron chi connectivity index (χ2n) is 4.99. The van der Waals surface area contributed by atoms with E-state index in [4.69, 9.17) is 0 Å². The lowest BCUT2D eigenvalue weighted by Crippen LogP contribution is -2.31. The van der Waals surface area contributed by atoms with E-state index < -0.39 is 0 Å². The molecule has 0 saturated heterocycles. The zero-order valence-electron chi connectivity index (χ0n) is 10.2. The molecule has 0 aromatic carbocycles. The Morgan fingerprint density at radius 3 is 2.64 bits per heavy atom. The van der Waals surface area contributed by atoms with Gasteiger partial charge in [0.05, 0.1) is 0 Å². The Kier molecular flexibility index (Phi) is 3.54. The van der Waals surface area contributed by atoms with Gasteiger partial charge >= 0.3 is 0 Å². The van der Waals surface area contributed by atoms with E-state index in [-0.39, 0.29) is 0 Å². The molecule has 1 rings (SSSR count). The maximum absolute atomic E-state index is 2.42. The highest BCUT2D eigenvalue weighted by Crippen LogP contribution is 2.30. The largest absolute Gasteiger partial charge is 0.300 e. The van der Waals surface area contributed by atoms with Crippen LogP contribution in [0.5, 0.6) is 0 Å². The number of nitrogens with zero attached hydrogens (tertiary/aromatic N) is 1. The van der Waals surface area contributed by atoms with Crippen LogP contribution in [0.2, 0.25) is 0 Å². The van der Waals surface area contributed by atoms with Gasteiger partial charge in [-0.25, -0.2) is 0 Å². The van der Waals surface area contributed by atoms with Crippen LogP contribution in [0.25, 0.3) is 0 Å². The molecule has 1 atom stereocenters. The number of hydrogen-bond acceptors (Lipinski definition) is 1. The van der Waals surface area contributed by atoms with Crippen LogP contribution in [0.1, 0.15) is 34.1 Å². The van der Waals surface area contributed by atoms with Crippen LogP contribution in [-0.2, 0) is 0 Å². The molecule has 0 aliphatic heterocycles. The van der Waals surface area contributed by atoms with Gasteiger partial charge in [-0.1, -0.05) is 39.0 Å². The van der Waals surface area contributed by atoms with Crippen LogP contribution < -0.4 is 0 Å². The quantitative estimate of drug-likeness (QED) is 0.665. The molecule has 0 aromatic rings. The predicted octanol–water partition coefficient (Wildman–Crippen LogP) is 3.24. The second kappa shape index (κ2) is 4.31. The number of rotatable bonds is 3. The molecule has 1 aliphatic rings. The third-order valence-electron chi connectivity index (χ3n) is 3.15. The number of hydrogen-bond donors (Lipinski definition) is 0. The topological polar surface area (TPSA) is 3.24 Å². The van der Waals surface area contributed by atoms with Crippen molar-refractivity contribution in [1.29, 1.82) is 0 Å². The fourth-order valence-electron chi connectivity index (χ4n) is 1.85. The fourth-order valence-corrected chi connectivity index (χ4v) is 1.85. The van der Waals surface area contributed by atoms with Crippen LogP contribution in [0.3, 0.4) is 0 Å². The highest BCUT2D eigenvalue weighted by molar-refractivity contribution is 5.30. The molecular weight excluding hydrogens is 170 g/mol. The highest BCUT2D eigenvalue weighted by atomic mass is 15.1. The Balaban J connectivity index is 2.77. The molecule has 0 heterocycles. The monoisotopic (exact) mass is 193 g/mol. The second-order valence-corrected chi connectivity index (χ2v) is 4.99. The van der Waals surface area contributed by atoms with Gasteiger partial charge in [0.1, 0.15) is 0 Å². The summed E-state index contributed by atoms with van der Waals surface area (Å²) >= 11 is 0. The molecule has 0 fully saturated rings. The summed E-state index contributed by atoms with van der Waals surface area (Å²) < 4.78 is 0. The average molecular weight is 193 g/mol. The first-order valence-corrected chi connectivity index (χ1v) is 5.56. The molecule has 1 nitrogen and oxygen atoms in total. The zero-order chi connectivity index (χ0) is 10.8. The van der Waals surface area contributed by atoms with Gasteiger partial charge in [0.25, 0.3) is 0 Å². The molecule has 0 bridgehead atoms. The summed E-state index contributed by atoms with van der Waals surface area (Å²) in [6.07, 6.45) is 8.17. The number of allylic oxidation sites excluding steroid dienone is 2. The van der Waals surface area contributed by atoms with Crippen molar-refractivity contribution in [2.24, 2.45) is 5.41 Å².